The summed E-state index contributed by atoms with van der Waals surface area (Å²) in [6.45, 7) is 6.45. The van der Waals surface area contributed by atoms with Gasteiger partial charge in [-0.2, -0.15) is 4.98 Å². The Kier molecular flexibility index (Phi) is 5.33. The first-order chi connectivity index (χ1) is 15.4. The van der Waals surface area contributed by atoms with Crippen LogP contribution in [0.5, 0.6) is 11.5 Å². The van der Waals surface area contributed by atoms with E-state index in [0.717, 1.165) is 37.1 Å². The largest absolute Gasteiger partial charge is 0.486 e. The van der Waals surface area contributed by atoms with Crippen LogP contribution in [-0.4, -0.2) is 39.7 Å². The van der Waals surface area contributed by atoms with Crippen molar-refractivity contribution < 1.29 is 22.3 Å². The smallest absolute Gasteiger partial charge is 0.236 e. The lowest BCUT2D eigenvalue weighted by atomic mass is 10.0. The number of aromatic nitrogens is 1. The van der Waals surface area contributed by atoms with E-state index in [-0.39, 0.29) is 9.92 Å². The number of piperidine rings is 1. The van der Waals surface area contributed by atoms with Crippen LogP contribution < -0.4 is 14.4 Å². The molecule has 2 aromatic carbocycles. The van der Waals surface area contributed by atoms with E-state index in [1.165, 1.54) is 12.1 Å². The van der Waals surface area contributed by atoms with Crippen molar-refractivity contribution in [3.8, 4) is 23.0 Å². The number of nitrogens with zero attached hydrogens (tertiary/aromatic N) is 2. The average Bonchev–Trinajstić information content (AvgIpc) is 3.26. The molecule has 0 N–H and O–H groups in total. The molecule has 1 unspecified atom stereocenters. The molecule has 1 aromatic heterocycles. The van der Waals surface area contributed by atoms with Gasteiger partial charge in [-0.3, -0.25) is 0 Å². The van der Waals surface area contributed by atoms with Gasteiger partial charge in [-0.15, -0.1) is 0 Å². The number of benzene rings is 2. The van der Waals surface area contributed by atoms with E-state index in [1.54, 1.807) is 6.07 Å². The van der Waals surface area contributed by atoms with Gasteiger partial charge in [0, 0.05) is 24.7 Å². The SMILES string of the molecule is Cc1ccc(-c2nc(S(=O)(=O)c3ccc4c(c3)OCCO4)c(N3CCCC(C)C3)o2)cc1. The maximum Gasteiger partial charge on any atom is 0.236 e. The third kappa shape index (κ3) is 3.83. The Hall–Kier alpha value is -3.00. The monoisotopic (exact) mass is 454 g/mol. The lowest BCUT2D eigenvalue weighted by molar-refractivity contribution is 0.171. The minimum atomic E-state index is -3.95. The Morgan fingerprint density at radius 1 is 1.03 bits per heavy atom. The molecule has 168 valence electrons. The van der Waals surface area contributed by atoms with Gasteiger partial charge in [0.25, 0.3) is 0 Å². The van der Waals surface area contributed by atoms with Crippen molar-refractivity contribution in [2.75, 3.05) is 31.2 Å². The molecule has 1 atom stereocenters. The zero-order chi connectivity index (χ0) is 22.3. The number of rotatable bonds is 4. The van der Waals surface area contributed by atoms with Crippen LogP contribution in [0.4, 0.5) is 5.88 Å². The predicted octanol–water partition coefficient (Wildman–Crippen LogP) is 4.49. The fourth-order valence-corrected chi connectivity index (χ4v) is 5.51. The summed E-state index contributed by atoms with van der Waals surface area (Å²) in [6, 6.07) is 12.4. The van der Waals surface area contributed by atoms with E-state index >= 15 is 0 Å². The quantitative estimate of drug-likeness (QED) is 0.574. The van der Waals surface area contributed by atoms with E-state index in [4.69, 9.17) is 13.9 Å². The first-order valence-electron chi connectivity index (χ1n) is 10.9. The van der Waals surface area contributed by atoms with E-state index in [0.29, 0.717) is 42.4 Å². The second-order valence-corrected chi connectivity index (χ2v) is 10.4. The maximum atomic E-state index is 13.7. The Morgan fingerprint density at radius 2 is 1.78 bits per heavy atom. The highest BCUT2D eigenvalue weighted by Crippen LogP contribution is 2.39. The van der Waals surface area contributed by atoms with Crippen molar-refractivity contribution in [3.05, 3.63) is 48.0 Å². The zero-order valence-corrected chi connectivity index (χ0v) is 19.0. The van der Waals surface area contributed by atoms with Gasteiger partial charge in [0.1, 0.15) is 13.2 Å². The summed E-state index contributed by atoms with van der Waals surface area (Å²) in [6.07, 6.45) is 2.09. The molecule has 2 aliphatic rings. The van der Waals surface area contributed by atoms with Gasteiger partial charge in [0.2, 0.25) is 26.6 Å². The molecule has 3 aromatic rings. The summed E-state index contributed by atoms with van der Waals surface area (Å²) < 4.78 is 44.7. The van der Waals surface area contributed by atoms with Crippen LogP contribution in [0.3, 0.4) is 0 Å². The van der Waals surface area contributed by atoms with Crippen molar-refractivity contribution in [1.29, 1.82) is 0 Å². The van der Waals surface area contributed by atoms with Gasteiger partial charge in [-0.1, -0.05) is 24.6 Å². The average molecular weight is 455 g/mol. The summed E-state index contributed by atoms with van der Waals surface area (Å²) in [5.74, 6) is 2.02. The summed E-state index contributed by atoms with van der Waals surface area (Å²) in [5, 5.41) is -0.0566. The number of aryl methyl sites for hydroxylation is 1. The molecule has 7 nitrogen and oxygen atoms in total. The van der Waals surface area contributed by atoms with Crippen LogP contribution in [0.15, 0.2) is 56.8 Å². The van der Waals surface area contributed by atoms with Crippen molar-refractivity contribution >= 4 is 15.7 Å². The number of sulfone groups is 1. The Balaban J connectivity index is 1.61. The molecule has 0 amide bonds. The summed E-state index contributed by atoms with van der Waals surface area (Å²) in [5.41, 5.74) is 1.85. The minimum Gasteiger partial charge on any atom is -0.486 e. The van der Waals surface area contributed by atoms with Gasteiger partial charge in [0.15, 0.2) is 11.5 Å². The van der Waals surface area contributed by atoms with Gasteiger partial charge in [-0.05, 0) is 49.9 Å². The molecule has 32 heavy (non-hydrogen) atoms. The van der Waals surface area contributed by atoms with E-state index in [2.05, 4.69) is 11.9 Å². The van der Waals surface area contributed by atoms with Crippen LogP contribution in [0, 0.1) is 12.8 Å². The van der Waals surface area contributed by atoms with Crippen molar-refractivity contribution in [2.24, 2.45) is 5.92 Å². The molecule has 1 fully saturated rings. The molecule has 2 aliphatic heterocycles. The second kappa shape index (κ2) is 8.16. The van der Waals surface area contributed by atoms with Crippen LogP contribution in [-0.2, 0) is 9.84 Å². The molecule has 0 spiro atoms. The summed E-state index contributed by atoms with van der Waals surface area (Å²) in [7, 11) is -3.95. The molecule has 5 rings (SSSR count). The van der Waals surface area contributed by atoms with Gasteiger partial charge < -0.3 is 18.8 Å². The minimum absolute atomic E-state index is 0.0566. The topological polar surface area (TPSA) is 81.9 Å². The van der Waals surface area contributed by atoms with Crippen LogP contribution in [0.1, 0.15) is 25.3 Å². The number of fused-ring (bicyclic) bond motifs is 1. The Labute approximate surface area is 187 Å². The van der Waals surface area contributed by atoms with Crippen molar-refractivity contribution in [1.82, 2.24) is 4.98 Å². The molecule has 0 radical (unpaired) electrons. The number of anilines is 1. The standard InChI is InChI=1S/C24H26N2O5S/c1-16-5-7-18(8-6-16)22-25-23(24(31-22)26-11-3-4-17(2)15-26)32(27,28)19-9-10-20-21(14-19)30-13-12-29-20/h5-10,14,17H,3-4,11-13,15H2,1-2H3. The lowest BCUT2D eigenvalue weighted by Crippen LogP contribution is -2.34. The third-order valence-corrected chi connectivity index (χ3v) is 7.55. The van der Waals surface area contributed by atoms with E-state index < -0.39 is 9.84 Å². The fraction of sp³-hybridized carbons (Fsp3) is 0.375. The molecular formula is C24H26N2O5S. The maximum absolute atomic E-state index is 13.7. The van der Waals surface area contributed by atoms with Gasteiger partial charge in [0.05, 0.1) is 4.90 Å². The predicted molar refractivity (Wildman–Crippen MR) is 120 cm³/mol. The molecule has 0 aliphatic carbocycles. The highest BCUT2D eigenvalue weighted by atomic mass is 32.2. The third-order valence-electron chi connectivity index (χ3n) is 5.90. The van der Waals surface area contributed by atoms with Crippen LogP contribution in [0.2, 0.25) is 0 Å². The van der Waals surface area contributed by atoms with Crippen LogP contribution in [0.25, 0.3) is 11.5 Å². The van der Waals surface area contributed by atoms with Crippen molar-refractivity contribution in [3.63, 3.8) is 0 Å². The van der Waals surface area contributed by atoms with E-state index in [1.807, 2.05) is 36.1 Å². The first-order valence-corrected chi connectivity index (χ1v) is 12.4. The van der Waals surface area contributed by atoms with Gasteiger partial charge >= 0.3 is 0 Å². The molecule has 8 heteroatoms. The number of hydrogen-bond acceptors (Lipinski definition) is 7. The zero-order valence-electron chi connectivity index (χ0n) is 18.2. The second-order valence-electron chi connectivity index (χ2n) is 8.50. The van der Waals surface area contributed by atoms with Gasteiger partial charge in [-0.25, -0.2) is 8.42 Å². The molecule has 0 saturated carbocycles. The first kappa shape index (κ1) is 20.9. The molecular weight excluding hydrogens is 428 g/mol. The Bertz CT molecular complexity index is 1230. The number of ether oxygens (including phenoxy) is 2. The summed E-state index contributed by atoms with van der Waals surface area (Å²) in [4.78, 5) is 6.61. The normalized spacial score (nSPS) is 18.6. The fourth-order valence-electron chi connectivity index (χ4n) is 4.17. The number of oxazole rings is 1. The Morgan fingerprint density at radius 3 is 2.53 bits per heavy atom. The number of hydrogen-bond donors (Lipinski definition) is 0. The van der Waals surface area contributed by atoms with Crippen LogP contribution >= 0.6 is 0 Å². The summed E-state index contributed by atoms with van der Waals surface area (Å²) >= 11 is 0. The van der Waals surface area contributed by atoms with Crippen molar-refractivity contribution in [2.45, 2.75) is 36.6 Å². The molecule has 3 heterocycles. The highest BCUT2D eigenvalue weighted by molar-refractivity contribution is 7.91. The molecule has 0 bridgehead atoms. The lowest BCUT2D eigenvalue weighted by Gasteiger charge is -2.30. The molecule has 1 saturated heterocycles. The van der Waals surface area contributed by atoms with E-state index in [9.17, 15) is 8.42 Å². The highest BCUT2D eigenvalue weighted by Gasteiger charge is 2.33.